The van der Waals surface area contributed by atoms with Crippen molar-refractivity contribution in [1.82, 2.24) is 23.8 Å². The molecule has 0 radical (unpaired) electrons. The number of benzene rings is 1. The molecule has 1 fully saturated rings. The van der Waals surface area contributed by atoms with Crippen molar-refractivity contribution in [1.29, 1.82) is 0 Å². The zero-order valence-electron chi connectivity index (χ0n) is 17.1. The van der Waals surface area contributed by atoms with Crippen molar-refractivity contribution in [2.24, 2.45) is 5.92 Å². The highest BCUT2D eigenvalue weighted by Crippen LogP contribution is 2.17. The average molecular weight is 430 g/mol. The molecule has 3 aromatic rings. The molecule has 0 saturated carbocycles. The summed E-state index contributed by atoms with van der Waals surface area (Å²) in [6.45, 7) is 5.33. The van der Waals surface area contributed by atoms with E-state index in [1.807, 2.05) is 25.1 Å². The zero-order chi connectivity index (χ0) is 21.1. The van der Waals surface area contributed by atoms with Crippen LogP contribution in [0.4, 0.5) is 0 Å². The summed E-state index contributed by atoms with van der Waals surface area (Å²) in [5, 5.41) is 4.37. The van der Waals surface area contributed by atoms with Gasteiger partial charge < -0.3 is 4.90 Å². The number of hydrogen-bond donors (Lipinski definition) is 1. The predicted octanol–water partition coefficient (Wildman–Crippen LogP) is 1.49. The van der Waals surface area contributed by atoms with Crippen LogP contribution >= 0.6 is 0 Å². The second-order valence-corrected chi connectivity index (χ2v) is 9.68. The predicted molar refractivity (Wildman–Crippen MR) is 115 cm³/mol. The van der Waals surface area contributed by atoms with Gasteiger partial charge in [-0.05, 0) is 56.5 Å². The van der Waals surface area contributed by atoms with E-state index in [9.17, 15) is 13.2 Å². The van der Waals surface area contributed by atoms with Gasteiger partial charge in [0.15, 0.2) is 5.65 Å². The van der Waals surface area contributed by atoms with Gasteiger partial charge in [-0.2, -0.15) is 0 Å². The Hall–Kier alpha value is -2.49. The number of sulfonamides is 1. The number of rotatable bonds is 7. The van der Waals surface area contributed by atoms with E-state index in [0.29, 0.717) is 30.2 Å². The van der Waals surface area contributed by atoms with E-state index in [4.69, 9.17) is 0 Å². The Morgan fingerprint density at radius 1 is 1.13 bits per heavy atom. The lowest BCUT2D eigenvalue weighted by Crippen LogP contribution is -2.42. The van der Waals surface area contributed by atoms with Crippen LogP contribution in [0.2, 0.25) is 0 Å². The summed E-state index contributed by atoms with van der Waals surface area (Å²) in [6, 6.07) is 12.4. The number of fused-ring (bicyclic) bond motifs is 1. The Kier molecular flexibility index (Phi) is 6.03. The van der Waals surface area contributed by atoms with Crippen molar-refractivity contribution in [2.45, 2.75) is 31.2 Å². The number of aryl methyl sites for hydroxylation is 1. The third-order valence-electron chi connectivity index (χ3n) is 5.61. The Morgan fingerprint density at radius 2 is 1.93 bits per heavy atom. The Balaban J connectivity index is 1.32. The van der Waals surface area contributed by atoms with E-state index < -0.39 is 10.0 Å². The molecule has 1 aliphatic heterocycles. The molecule has 0 spiro atoms. The van der Waals surface area contributed by atoms with Crippen LogP contribution in [0.1, 0.15) is 18.4 Å². The lowest BCUT2D eigenvalue weighted by Gasteiger charge is -2.32. The van der Waals surface area contributed by atoms with E-state index >= 15 is 0 Å². The summed E-state index contributed by atoms with van der Waals surface area (Å²) in [7, 11) is -3.50. The number of hydrogen-bond acceptors (Lipinski definition) is 5. The van der Waals surface area contributed by atoms with E-state index in [2.05, 4.69) is 14.7 Å². The van der Waals surface area contributed by atoms with Gasteiger partial charge in [-0.15, -0.1) is 5.10 Å². The lowest BCUT2D eigenvalue weighted by molar-refractivity contribution is 0.168. The van der Waals surface area contributed by atoms with E-state index in [-0.39, 0.29) is 11.6 Å². The third kappa shape index (κ3) is 4.63. The fourth-order valence-electron chi connectivity index (χ4n) is 3.90. The molecule has 1 N–H and O–H groups in total. The first-order valence-corrected chi connectivity index (χ1v) is 11.7. The van der Waals surface area contributed by atoms with Gasteiger partial charge in [0.05, 0.1) is 11.4 Å². The second kappa shape index (κ2) is 8.71. The summed E-state index contributed by atoms with van der Waals surface area (Å²) in [4.78, 5) is 15.0. The molecule has 3 heterocycles. The Labute approximate surface area is 176 Å². The first kappa shape index (κ1) is 20.8. The fourth-order valence-corrected chi connectivity index (χ4v) is 5.02. The molecule has 160 valence electrons. The number of aromatic nitrogens is 3. The summed E-state index contributed by atoms with van der Waals surface area (Å²) in [5.74, 6) is 0.247. The van der Waals surface area contributed by atoms with E-state index in [1.165, 1.54) is 4.68 Å². The summed E-state index contributed by atoms with van der Waals surface area (Å²) in [6.07, 6.45) is 3.72. The highest BCUT2D eigenvalue weighted by atomic mass is 32.2. The molecule has 1 aromatic carbocycles. The molecule has 0 bridgehead atoms. The topological polar surface area (TPSA) is 88.7 Å². The van der Waals surface area contributed by atoms with Crippen molar-refractivity contribution in [3.05, 3.63) is 64.7 Å². The van der Waals surface area contributed by atoms with Gasteiger partial charge in [0.1, 0.15) is 0 Å². The molecule has 4 rings (SSSR count). The van der Waals surface area contributed by atoms with E-state index in [1.54, 1.807) is 34.9 Å². The van der Waals surface area contributed by atoms with Crippen LogP contribution in [0.5, 0.6) is 0 Å². The lowest BCUT2D eigenvalue weighted by atomic mass is 9.98. The molecule has 0 aliphatic carbocycles. The van der Waals surface area contributed by atoms with Crippen LogP contribution in [0.15, 0.2) is 58.4 Å². The first-order valence-electron chi connectivity index (χ1n) is 10.3. The number of nitrogens with one attached hydrogen (secondary N) is 1. The van der Waals surface area contributed by atoms with Crippen LogP contribution in [0.3, 0.4) is 0 Å². The zero-order valence-corrected chi connectivity index (χ0v) is 17.9. The molecule has 1 aliphatic rings. The molecule has 8 nitrogen and oxygen atoms in total. The first-order chi connectivity index (χ1) is 14.4. The highest BCUT2D eigenvalue weighted by Gasteiger charge is 2.22. The van der Waals surface area contributed by atoms with Crippen LogP contribution in [0, 0.1) is 12.8 Å². The maximum atomic E-state index is 12.5. The minimum absolute atomic E-state index is 0.134. The monoisotopic (exact) mass is 429 g/mol. The second-order valence-electron chi connectivity index (χ2n) is 7.91. The standard InChI is InChI=1S/C21H27N5O3S/c1-17-7-9-19(10-8-17)30(28,29)22-15-18-5-4-11-24(16-18)13-14-26-21(27)25-12-3-2-6-20(25)23-26/h2-3,6-10,12,18,22H,4-5,11,13-16H2,1H3. The number of nitrogens with zero attached hydrogens (tertiary/aromatic N) is 4. The van der Waals surface area contributed by atoms with Crippen molar-refractivity contribution in [3.8, 4) is 0 Å². The number of pyridine rings is 1. The SMILES string of the molecule is Cc1ccc(S(=O)(=O)NCC2CCCN(CCn3nc4ccccn4c3=O)C2)cc1. The average Bonchev–Trinajstić information content (AvgIpc) is 3.07. The molecule has 1 saturated heterocycles. The summed E-state index contributed by atoms with van der Waals surface area (Å²) in [5.41, 5.74) is 1.54. The van der Waals surface area contributed by atoms with Gasteiger partial charge in [-0.1, -0.05) is 23.8 Å². The fraction of sp³-hybridized carbons (Fsp3) is 0.429. The minimum Gasteiger partial charge on any atom is -0.301 e. The van der Waals surface area contributed by atoms with Gasteiger partial charge in [0.25, 0.3) is 0 Å². The van der Waals surface area contributed by atoms with Crippen LogP contribution in [0.25, 0.3) is 5.65 Å². The molecule has 30 heavy (non-hydrogen) atoms. The normalized spacial score (nSPS) is 18.1. The molecule has 1 unspecified atom stereocenters. The van der Waals surface area contributed by atoms with Crippen LogP contribution < -0.4 is 10.4 Å². The van der Waals surface area contributed by atoms with Crippen molar-refractivity contribution in [2.75, 3.05) is 26.2 Å². The molecular formula is C21H27N5O3S. The minimum atomic E-state index is -3.50. The summed E-state index contributed by atoms with van der Waals surface area (Å²) < 4.78 is 30.9. The molecule has 2 aromatic heterocycles. The van der Waals surface area contributed by atoms with Crippen molar-refractivity contribution >= 4 is 15.7 Å². The molecular weight excluding hydrogens is 402 g/mol. The largest absolute Gasteiger partial charge is 0.350 e. The third-order valence-corrected chi connectivity index (χ3v) is 7.05. The molecule has 0 amide bonds. The highest BCUT2D eigenvalue weighted by molar-refractivity contribution is 7.89. The quantitative estimate of drug-likeness (QED) is 0.615. The van der Waals surface area contributed by atoms with Crippen LogP contribution in [-0.4, -0.2) is 53.7 Å². The number of piperidine rings is 1. The Bertz CT molecular complexity index is 1170. The van der Waals surface area contributed by atoms with Gasteiger partial charge in [0, 0.05) is 25.8 Å². The van der Waals surface area contributed by atoms with Gasteiger partial charge in [0.2, 0.25) is 10.0 Å². The Morgan fingerprint density at radius 3 is 2.70 bits per heavy atom. The van der Waals surface area contributed by atoms with Gasteiger partial charge >= 0.3 is 5.69 Å². The van der Waals surface area contributed by atoms with Crippen LogP contribution in [-0.2, 0) is 16.6 Å². The smallest absolute Gasteiger partial charge is 0.301 e. The summed E-state index contributed by atoms with van der Waals surface area (Å²) >= 11 is 0. The maximum absolute atomic E-state index is 12.5. The van der Waals surface area contributed by atoms with E-state index in [0.717, 1.165) is 31.5 Å². The van der Waals surface area contributed by atoms with Gasteiger partial charge in [-0.3, -0.25) is 4.40 Å². The number of likely N-dealkylation sites (tertiary alicyclic amines) is 1. The van der Waals surface area contributed by atoms with Gasteiger partial charge in [-0.25, -0.2) is 22.6 Å². The maximum Gasteiger partial charge on any atom is 0.350 e. The molecule has 1 atom stereocenters. The van der Waals surface area contributed by atoms with Crippen molar-refractivity contribution < 1.29 is 8.42 Å². The van der Waals surface area contributed by atoms with Crippen molar-refractivity contribution in [3.63, 3.8) is 0 Å². The molecule has 9 heteroatoms.